The molecule has 0 unspecified atom stereocenters. The van der Waals surface area contributed by atoms with Crippen LogP contribution in [0.2, 0.25) is 0 Å². The van der Waals surface area contributed by atoms with Crippen LogP contribution in [0.1, 0.15) is 0 Å². The summed E-state index contributed by atoms with van der Waals surface area (Å²) in [7, 11) is 0. The Hall–Kier alpha value is 0.359. The summed E-state index contributed by atoms with van der Waals surface area (Å²) in [6.07, 6.45) is 0. The second-order valence-corrected chi connectivity index (χ2v) is 0. The summed E-state index contributed by atoms with van der Waals surface area (Å²) < 4.78 is 0. The molecule has 4 nitrogen and oxygen atoms in total. The van der Waals surface area contributed by atoms with Crippen molar-refractivity contribution in [2.24, 2.45) is 0 Å². The van der Waals surface area contributed by atoms with E-state index >= 15 is 0 Å². The van der Waals surface area contributed by atoms with E-state index in [-0.39, 0.29) is 39.0 Å². The van der Waals surface area contributed by atoms with Crippen molar-refractivity contribution in [2.45, 2.75) is 0 Å². The van der Waals surface area contributed by atoms with Crippen LogP contribution in [0.3, 0.4) is 0 Å². The summed E-state index contributed by atoms with van der Waals surface area (Å²) in [5.74, 6) is 0. The van der Waals surface area contributed by atoms with E-state index in [1.807, 2.05) is 0 Å². The van der Waals surface area contributed by atoms with Crippen LogP contribution >= 0.6 is 0 Å². The number of rotatable bonds is 0. The Morgan fingerprint density at radius 3 is 0.400 bits per heavy atom. The molecule has 0 spiro atoms. The van der Waals surface area contributed by atoms with Gasteiger partial charge in [-0.15, -0.1) is 0 Å². The van der Waals surface area contributed by atoms with Crippen LogP contribution in [0.5, 0.6) is 0 Å². The normalized spacial score (nSPS) is 0. The van der Waals surface area contributed by atoms with Crippen molar-refractivity contribution in [2.75, 3.05) is 0 Å². The third-order valence-electron chi connectivity index (χ3n) is 0. The third kappa shape index (κ3) is 188. The summed E-state index contributed by atoms with van der Waals surface area (Å²) in [5.41, 5.74) is 0. The van der Waals surface area contributed by atoms with Gasteiger partial charge >= 0.3 is 17.1 Å². The topological polar surface area (TPSA) is 126 Å². The number of hydrogen-bond acceptors (Lipinski definition) is 0. The summed E-state index contributed by atoms with van der Waals surface area (Å²) in [4.78, 5) is 0. The van der Waals surface area contributed by atoms with Crippen molar-refractivity contribution < 1.29 is 39.0 Å². The van der Waals surface area contributed by atoms with Gasteiger partial charge in [0.15, 0.2) is 0 Å². The molecule has 5 heteroatoms. The van der Waals surface area contributed by atoms with E-state index in [1.54, 1.807) is 0 Å². The van der Waals surface area contributed by atoms with Crippen molar-refractivity contribution >= 4 is 0 Å². The fourth-order valence-electron chi connectivity index (χ4n) is 0. The maximum Gasteiger partial charge on any atom is 1.00 e. The molecular weight excluding hydrogens is 128 g/mol. The van der Waals surface area contributed by atoms with Gasteiger partial charge in [0, 0.05) is 0 Å². The monoisotopic (exact) mass is 135 g/mol. The summed E-state index contributed by atoms with van der Waals surface area (Å²) in [5, 5.41) is 0. The minimum absolute atomic E-state index is 0. The van der Waals surface area contributed by atoms with Crippen molar-refractivity contribution in [3.8, 4) is 0 Å². The Bertz CT molecular complexity index is 3.61. The smallest absolute Gasteiger partial charge is 0.412 e. The number of hydrogen-bond donors (Lipinski definition) is 0. The zero-order valence-electron chi connectivity index (χ0n) is 2.30. The SMILES string of the molecule is O.O.O.O.[Cu+]. The first-order valence-electron chi connectivity index (χ1n) is 0. The average molecular weight is 136 g/mol. The van der Waals surface area contributed by atoms with Gasteiger partial charge in [-0.25, -0.2) is 0 Å². The van der Waals surface area contributed by atoms with E-state index in [2.05, 4.69) is 0 Å². The molecule has 0 aliphatic rings. The molecule has 0 atom stereocenters. The summed E-state index contributed by atoms with van der Waals surface area (Å²) in [6.45, 7) is 0. The van der Waals surface area contributed by atoms with E-state index in [4.69, 9.17) is 0 Å². The van der Waals surface area contributed by atoms with Crippen LogP contribution in [0.25, 0.3) is 0 Å². The maximum atomic E-state index is 0. The molecule has 0 amide bonds. The molecule has 0 heterocycles. The van der Waals surface area contributed by atoms with Gasteiger partial charge in [0.1, 0.15) is 0 Å². The Kier molecular flexibility index (Phi) is 60000. The van der Waals surface area contributed by atoms with Gasteiger partial charge in [-0.05, 0) is 0 Å². The zero-order valence-corrected chi connectivity index (χ0v) is 3.24. The molecule has 0 aliphatic carbocycles. The van der Waals surface area contributed by atoms with Crippen LogP contribution in [0.4, 0.5) is 0 Å². The van der Waals surface area contributed by atoms with Crippen LogP contribution in [-0.2, 0) is 17.1 Å². The third-order valence-corrected chi connectivity index (χ3v) is 0. The van der Waals surface area contributed by atoms with Crippen LogP contribution in [-0.4, -0.2) is 21.9 Å². The molecular formula is H8CuO4+. The van der Waals surface area contributed by atoms with Crippen molar-refractivity contribution in [1.29, 1.82) is 0 Å². The van der Waals surface area contributed by atoms with E-state index < -0.39 is 0 Å². The van der Waals surface area contributed by atoms with Crippen LogP contribution in [0.15, 0.2) is 0 Å². The minimum atomic E-state index is 0. The van der Waals surface area contributed by atoms with Crippen LogP contribution < -0.4 is 0 Å². The maximum absolute atomic E-state index is 0. The predicted molar refractivity (Wildman–Crippen MR) is 14.5 cm³/mol. The van der Waals surface area contributed by atoms with Crippen molar-refractivity contribution in [1.82, 2.24) is 0 Å². The van der Waals surface area contributed by atoms with E-state index in [0.717, 1.165) is 0 Å². The first kappa shape index (κ1) is 788. The standard InChI is InChI=1S/Cu.4H2O/h;4*1H2/q+1;;;;. The first-order valence-corrected chi connectivity index (χ1v) is 0. The van der Waals surface area contributed by atoms with Gasteiger partial charge in [0.25, 0.3) is 0 Å². The van der Waals surface area contributed by atoms with Gasteiger partial charge in [-0.2, -0.15) is 0 Å². The fraction of sp³-hybridized carbons (Fsp3) is 0. The molecule has 42 valence electrons. The molecule has 0 radical (unpaired) electrons. The molecule has 0 rings (SSSR count). The molecule has 0 saturated heterocycles. The van der Waals surface area contributed by atoms with E-state index in [0.29, 0.717) is 0 Å². The summed E-state index contributed by atoms with van der Waals surface area (Å²) >= 11 is 0. The Balaban J connectivity index is 0. The zero-order chi connectivity index (χ0) is 0. The minimum Gasteiger partial charge on any atom is -0.412 e. The van der Waals surface area contributed by atoms with Crippen molar-refractivity contribution in [3.63, 3.8) is 0 Å². The molecule has 0 aliphatic heterocycles. The second kappa shape index (κ2) is 381. The molecule has 0 bridgehead atoms. The van der Waals surface area contributed by atoms with Gasteiger partial charge in [0.2, 0.25) is 0 Å². The largest absolute Gasteiger partial charge is 1.00 e. The van der Waals surface area contributed by atoms with Crippen LogP contribution in [0, 0.1) is 0 Å². The Morgan fingerprint density at radius 1 is 0.400 bits per heavy atom. The Labute approximate surface area is 39.9 Å². The molecule has 0 aromatic rings. The van der Waals surface area contributed by atoms with E-state index in [1.165, 1.54) is 0 Å². The second-order valence-electron chi connectivity index (χ2n) is 0. The average Bonchev–Trinajstić information content (AvgIpc) is 0. The quantitative estimate of drug-likeness (QED) is 0.309. The predicted octanol–water partition coefficient (Wildman–Crippen LogP) is -3.30. The van der Waals surface area contributed by atoms with Crippen molar-refractivity contribution in [3.05, 3.63) is 0 Å². The molecule has 0 fully saturated rings. The van der Waals surface area contributed by atoms with Gasteiger partial charge in [0.05, 0.1) is 0 Å². The van der Waals surface area contributed by atoms with Gasteiger partial charge in [-0.3, -0.25) is 0 Å². The first-order chi connectivity index (χ1) is 0. The molecule has 0 aromatic heterocycles. The summed E-state index contributed by atoms with van der Waals surface area (Å²) in [6, 6.07) is 0. The molecule has 5 heavy (non-hydrogen) atoms. The Morgan fingerprint density at radius 2 is 0.400 bits per heavy atom. The fourth-order valence-corrected chi connectivity index (χ4v) is 0. The molecule has 0 aromatic carbocycles. The molecule has 0 saturated carbocycles. The molecule has 8 N–H and O–H groups in total. The van der Waals surface area contributed by atoms with E-state index in [9.17, 15) is 0 Å². The van der Waals surface area contributed by atoms with Gasteiger partial charge in [-0.1, -0.05) is 0 Å². The van der Waals surface area contributed by atoms with Gasteiger partial charge < -0.3 is 21.9 Å².